The van der Waals surface area contributed by atoms with Crippen molar-refractivity contribution >= 4 is 29.2 Å². The van der Waals surface area contributed by atoms with Crippen molar-refractivity contribution in [2.75, 3.05) is 19.0 Å². The molecular formula is C27H24F6N6O4. The largest absolute Gasteiger partial charge is 0.504 e. The summed E-state index contributed by atoms with van der Waals surface area (Å²) in [6, 6.07) is 10.2. The third kappa shape index (κ3) is 6.57. The van der Waals surface area contributed by atoms with Gasteiger partial charge in [-0.05, 0) is 48.4 Å². The summed E-state index contributed by atoms with van der Waals surface area (Å²) in [6.07, 6.45) is -8.22. The van der Waals surface area contributed by atoms with Crippen molar-refractivity contribution in [1.29, 1.82) is 0 Å². The first-order valence-corrected chi connectivity index (χ1v) is 12.5. The first-order chi connectivity index (χ1) is 20.2. The second-order valence-corrected chi connectivity index (χ2v) is 9.41. The number of benzene rings is 2. The maximum Gasteiger partial charge on any atom is 0.504 e. The zero-order chi connectivity index (χ0) is 31.6. The highest BCUT2D eigenvalue weighted by Gasteiger charge is 2.50. The molecule has 1 saturated heterocycles. The average molecular weight is 611 g/mol. The van der Waals surface area contributed by atoms with Crippen LogP contribution in [0.4, 0.5) is 37.8 Å². The number of hydrazine groups is 1. The summed E-state index contributed by atoms with van der Waals surface area (Å²) in [5.41, 5.74) is 1.23. The molecule has 2 aromatic carbocycles. The van der Waals surface area contributed by atoms with Crippen molar-refractivity contribution < 1.29 is 45.5 Å². The van der Waals surface area contributed by atoms with Gasteiger partial charge in [0, 0.05) is 25.0 Å². The quantitative estimate of drug-likeness (QED) is 0.150. The number of likely N-dealkylation sites (tertiary alicyclic amines) is 1. The molecule has 0 aliphatic carbocycles. The van der Waals surface area contributed by atoms with Crippen LogP contribution >= 0.6 is 0 Å². The Morgan fingerprint density at radius 2 is 1.70 bits per heavy atom. The molecule has 4 rings (SSSR count). The number of anilines is 2. The fourth-order valence-electron chi connectivity index (χ4n) is 4.33. The van der Waals surface area contributed by atoms with Crippen LogP contribution in [0.1, 0.15) is 27.9 Å². The Balaban J connectivity index is 1.48. The molecule has 0 radical (unpaired) electrons. The molecule has 3 amide bonds. The minimum atomic E-state index is -5.05. The number of nitrogens with one attached hydrogen (secondary N) is 3. The molecule has 1 fully saturated rings. The van der Waals surface area contributed by atoms with E-state index in [0.717, 1.165) is 23.8 Å². The van der Waals surface area contributed by atoms with Crippen molar-refractivity contribution in [3.05, 3.63) is 84.1 Å². The molecule has 0 unspecified atom stereocenters. The van der Waals surface area contributed by atoms with Crippen molar-refractivity contribution in [2.45, 2.75) is 25.4 Å². The Bertz CT molecular complexity index is 1520. The number of ether oxygens (including phenoxy) is 1. The van der Waals surface area contributed by atoms with Gasteiger partial charge >= 0.3 is 12.5 Å². The van der Waals surface area contributed by atoms with E-state index in [1.807, 2.05) is 5.43 Å². The third-order valence-electron chi connectivity index (χ3n) is 6.71. The first kappa shape index (κ1) is 30.9. The number of hydrogen-bond acceptors (Lipinski definition) is 6. The number of carbonyl (C=O) groups is 3. The zero-order valence-corrected chi connectivity index (χ0v) is 22.3. The van der Waals surface area contributed by atoms with Gasteiger partial charge in [0.25, 0.3) is 11.8 Å². The maximum absolute atomic E-state index is 13.3. The number of carbonyl (C=O) groups excluding carboxylic acids is 3. The van der Waals surface area contributed by atoms with Crippen LogP contribution in [-0.4, -0.2) is 46.1 Å². The lowest BCUT2D eigenvalue weighted by Gasteiger charge is -2.23. The molecule has 1 aliphatic rings. The summed E-state index contributed by atoms with van der Waals surface area (Å²) in [7, 11) is 1.51. The molecule has 228 valence electrons. The highest BCUT2D eigenvalue weighted by Crippen LogP contribution is 2.35. The van der Waals surface area contributed by atoms with Gasteiger partial charge in [-0.2, -0.15) is 17.9 Å². The second-order valence-electron chi connectivity index (χ2n) is 9.41. The lowest BCUT2D eigenvalue weighted by Crippen LogP contribution is -2.51. The van der Waals surface area contributed by atoms with Gasteiger partial charge in [-0.3, -0.25) is 25.2 Å². The predicted octanol–water partition coefficient (Wildman–Crippen LogP) is 4.50. The van der Waals surface area contributed by atoms with E-state index < -0.39 is 57.2 Å². The molecule has 10 nitrogen and oxygen atoms in total. The Morgan fingerprint density at radius 1 is 1.05 bits per heavy atom. The van der Waals surface area contributed by atoms with Crippen molar-refractivity contribution in [1.82, 2.24) is 25.5 Å². The molecule has 43 heavy (non-hydrogen) atoms. The number of rotatable bonds is 8. The SMILES string of the molecule is C=C[C@@]1(C(=O)NNC(=O)c2cn(C(F)(F)F)nc2Nc2ccc(C(F)(F)F)cc2)CCN(Cc2ccc(OC)cc2)C1=O. The summed E-state index contributed by atoms with van der Waals surface area (Å²) >= 11 is 0. The van der Waals surface area contributed by atoms with Gasteiger partial charge in [0.05, 0.1) is 12.7 Å². The third-order valence-corrected chi connectivity index (χ3v) is 6.71. The summed E-state index contributed by atoms with van der Waals surface area (Å²) in [5, 5.41) is 5.65. The van der Waals surface area contributed by atoms with E-state index in [4.69, 9.17) is 4.74 Å². The molecule has 1 atom stereocenters. The molecule has 3 aromatic rings. The molecule has 0 spiro atoms. The van der Waals surface area contributed by atoms with Crippen molar-refractivity contribution in [3.63, 3.8) is 0 Å². The minimum Gasteiger partial charge on any atom is -0.497 e. The van der Waals surface area contributed by atoms with E-state index >= 15 is 0 Å². The fraction of sp³-hybridized carbons (Fsp3) is 0.259. The summed E-state index contributed by atoms with van der Waals surface area (Å²) in [4.78, 5) is 40.6. The number of methoxy groups -OCH3 is 1. The highest BCUT2D eigenvalue weighted by atomic mass is 19.4. The maximum atomic E-state index is 13.3. The van der Waals surface area contributed by atoms with E-state index in [9.17, 15) is 40.7 Å². The van der Waals surface area contributed by atoms with Crippen LogP contribution in [0.25, 0.3) is 0 Å². The molecule has 1 aliphatic heterocycles. The van der Waals surface area contributed by atoms with Gasteiger partial charge < -0.3 is 15.0 Å². The van der Waals surface area contributed by atoms with Gasteiger partial charge in [-0.15, -0.1) is 24.8 Å². The normalized spacial score (nSPS) is 17.0. The zero-order valence-electron chi connectivity index (χ0n) is 22.3. The summed E-state index contributed by atoms with van der Waals surface area (Å²) < 4.78 is 83.2. The molecule has 2 heterocycles. The average Bonchev–Trinajstić information content (AvgIpc) is 3.53. The molecular weight excluding hydrogens is 586 g/mol. The molecule has 0 bridgehead atoms. The molecule has 1 aromatic heterocycles. The number of alkyl halides is 6. The van der Waals surface area contributed by atoms with Crippen LogP contribution in [0, 0.1) is 5.41 Å². The summed E-state index contributed by atoms with van der Waals surface area (Å²) in [5.74, 6) is -2.87. The van der Waals surface area contributed by atoms with E-state index in [1.54, 1.807) is 24.3 Å². The van der Waals surface area contributed by atoms with Gasteiger partial charge in [-0.25, -0.2) is 0 Å². The van der Waals surface area contributed by atoms with Gasteiger partial charge in [0.15, 0.2) is 5.82 Å². The van der Waals surface area contributed by atoms with E-state index in [-0.39, 0.29) is 25.2 Å². The number of hydrogen-bond donors (Lipinski definition) is 3. The van der Waals surface area contributed by atoms with E-state index in [2.05, 4.69) is 22.4 Å². The van der Waals surface area contributed by atoms with Crippen LogP contribution in [0.2, 0.25) is 0 Å². The van der Waals surface area contributed by atoms with Gasteiger partial charge in [-0.1, -0.05) is 18.2 Å². The molecule has 0 saturated carbocycles. The van der Waals surface area contributed by atoms with Gasteiger partial charge in [0.1, 0.15) is 16.7 Å². The Labute approximate surface area is 240 Å². The van der Waals surface area contributed by atoms with Crippen LogP contribution < -0.4 is 20.9 Å². The predicted molar refractivity (Wildman–Crippen MR) is 140 cm³/mol. The lowest BCUT2D eigenvalue weighted by atomic mass is 9.85. The topological polar surface area (TPSA) is 118 Å². The fourth-order valence-corrected chi connectivity index (χ4v) is 4.33. The molecule has 16 heteroatoms. The Hall–Kier alpha value is -5.02. The van der Waals surface area contributed by atoms with Crippen LogP contribution in [0.15, 0.2) is 67.4 Å². The van der Waals surface area contributed by atoms with Crippen molar-refractivity contribution in [2.24, 2.45) is 5.41 Å². The van der Waals surface area contributed by atoms with Crippen LogP contribution in [0.5, 0.6) is 5.75 Å². The number of nitrogens with zero attached hydrogens (tertiary/aromatic N) is 3. The first-order valence-electron chi connectivity index (χ1n) is 12.5. The van der Waals surface area contributed by atoms with Crippen LogP contribution in [-0.2, 0) is 28.6 Å². The van der Waals surface area contributed by atoms with Gasteiger partial charge in [0.2, 0.25) is 5.91 Å². The minimum absolute atomic E-state index is 0.0138. The standard InChI is InChI=1S/C27H24F6N6O4/c1-3-25(12-13-38(24(25)42)14-16-4-10-19(43-2)11-5-16)23(41)36-35-22(40)20-15-39(27(31,32)33)37-21(20)34-18-8-6-17(7-9-18)26(28,29)30/h3-11,15H,1,12-14H2,2H3,(H,34,37)(H,35,40)(H,36,41)/t25-/m0/s1. The highest BCUT2D eigenvalue weighted by molar-refractivity contribution is 6.09. The molecule has 3 N–H and O–H groups in total. The van der Waals surface area contributed by atoms with E-state index in [1.165, 1.54) is 12.0 Å². The Kier molecular flexibility index (Phi) is 8.41. The Morgan fingerprint density at radius 3 is 2.26 bits per heavy atom. The number of aromatic nitrogens is 2. The number of halogens is 6. The van der Waals surface area contributed by atoms with E-state index in [0.29, 0.717) is 24.1 Å². The smallest absolute Gasteiger partial charge is 0.497 e. The lowest BCUT2D eigenvalue weighted by molar-refractivity contribution is -0.212. The number of amides is 3. The van der Waals surface area contributed by atoms with Crippen molar-refractivity contribution in [3.8, 4) is 5.75 Å². The second kappa shape index (κ2) is 11.7. The monoisotopic (exact) mass is 610 g/mol. The summed E-state index contributed by atoms with van der Waals surface area (Å²) in [6.45, 7) is 3.94. The van der Waals surface area contributed by atoms with Crippen LogP contribution in [0.3, 0.4) is 0 Å².